The summed E-state index contributed by atoms with van der Waals surface area (Å²) in [5.74, 6) is 0.810. The molecule has 1 fully saturated rings. The molecule has 0 atom stereocenters. The number of nitrogens with one attached hydrogen (secondary N) is 1. The standard InChI is InChI=1S/C15H18N2.2ClH/c1-2-4-14-11-17-15(10-13(14)3-1)9-12-5-7-16-8-6-12;;/h1-4,10-12,16H,5-9H2;2*1H. The molecule has 1 aromatic heterocycles. The Kier molecular flexibility index (Phi) is 6.56. The van der Waals surface area contributed by atoms with Gasteiger partial charge in [0.25, 0.3) is 0 Å². The zero-order valence-electron chi connectivity index (χ0n) is 10.8. The number of pyridine rings is 1. The quantitative estimate of drug-likeness (QED) is 0.916. The van der Waals surface area contributed by atoms with Crippen LogP contribution in [0.15, 0.2) is 36.5 Å². The molecule has 2 aromatic rings. The number of hydrogen-bond donors (Lipinski definition) is 1. The van der Waals surface area contributed by atoms with Crippen LogP contribution < -0.4 is 5.32 Å². The van der Waals surface area contributed by atoms with E-state index in [2.05, 4.69) is 40.6 Å². The maximum Gasteiger partial charge on any atom is 0.0412 e. The van der Waals surface area contributed by atoms with Gasteiger partial charge in [-0.05, 0) is 49.7 Å². The van der Waals surface area contributed by atoms with Gasteiger partial charge in [-0.25, -0.2) is 0 Å². The van der Waals surface area contributed by atoms with Gasteiger partial charge >= 0.3 is 0 Å². The van der Waals surface area contributed by atoms with Gasteiger partial charge in [0.15, 0.2) is 0 Å². The molecule has 2 nitrogen and oxygen atoms in total. The largest absolute Gasteiger partial charge is 0.317 e. The predicted molar refractivity (Wildman–Crippen MR) is 85.5 cm³/mol. The molecular weight excluding hydrogens is 279 g/mol. The van der Waals surface area contributed by atoms with Crippen LogP contribution in [0.4, 0.5) is 0 Å². The third kappa shape index (κ3) is 4.07. The van der Waals surface area contributed by atoms with Crippen molar-refractivity contribution in [3.63, 3.8) is 0 Å². The summed E-state index contributed by atoms with van der Waals surface area (Å²) in [4.78, 5) is 4.58. The van der Waals surface area contributed by atoms with Gasteiger partial charge in [0.05, 0.1) is 0 Å². The molecule has 0 radical (unpaired) electrons. The molecule has 104 valence electrons. The topological polar surface area (TPSA) is 24.9 Å². The number of benzene rings is 1. The van der Waals surface area contributed by atoms with Crippen LogP contribution in [0.25, 0.3) is 10.8 Å². The van der Waals surface area contributed by atoms with Gasteiger partial charge in [-0.15, -0.1) is 24.8 Å². The minimum atomic E-state index is 0. The average Bonchev–Trinajstić information content (AvgIpc) is 2.40. The minimum absolute atomic E-state index is 0. The zero-order valence-corrected chi connectivity index (χ0v) is 12.5. The third-order valence-electron chi connectivity index (χ3n) is 3.64. The van der Waals surface area contributed by atoms with Gasteiger partial charge in [-0.1, -0.05) is 24.3 Å². The first kappa shape index (κ1) is 16.2. The molecule has 0 spiro atoms. The summed E-state index contributed by atoms with van der Waals surface area (Å²) >= 11 is 0. The van der Waals surface area contributed by atoms with E-state index < -0.39 is 0 Å². The maximum atomic E-state index is 4.58. The Morgan fingerprint density at radius 3 is 2.47 bits per heavy atom. The van der Waals surface area contributed by atoms with E-state index in [0.717, 1.165) is 25.4 Å². The second-order valence-corrected chi connectivity index (χ2v) is 4.92. The Bertz CT molecular complexity index is 510. The molecule has 0 bridgehead atoms. The molecule has 19 heavy (non-hydrogen) atoms. The molecule has 4 heteroatoms. The van der Waals surface area contributed by atoms with Crippen LogP contribution in [0.5, 0.6) is 0 Å². The van der Waals surface area contributed by atoms with Crippen molar-refractivity contribution < 1.29 is 0 Å². The molecule has 2 heterocycles. The second kappa shape index (κ2) is 7.68. The average molecular weight is 299 g/mol. The highest BCUT2D eigenvalue weighted by Crippen LogP contribution is 2.19. The van der Waals surface area contributed by atoms with Crippen molar-refractivity contribution in [1.82, 2.24) is 10.3 Å². The predicted octanol–water partition coefficient (Wildman–Crippen LogP) is 3.62. The smallest absolute Gasteiger partial charge is 0.0412 e. The zero-order chi connectivity index (χ0) is 11.5. The Labute approximate surface area is 126 Å². The normalized spacial score (nSPS) is 15.6. The molecule has 1 aromatic carbocycles. The second-order valence-electron chi connectivity index (χ2n) is 4.92. The van der Waals surface area contributed by atoms with Gasteiger partial charge in [-0.3, -0.25) is 4.98 Å². The van der Waals surface area contributed by atoms with E-state index in [1.54, 1.807) is 0 Å². The lowest BCUT2D eigenvalue weighted by Crippen LogP contribution is -2.28. The fourth-order valence-electron chi connectivity index (χ4n) is 2.62. The molecule has 1 saturated heterocycles. The van der Waals surface area contributed by atoms with Crippen molar-refractivity contribution in [3.05, 3.63) is 42.2 Å². The van der Waals surface area contributed by atoms with Gasteiger partial charge in [0, 0.05) is 17.3 Å². The Hall–Kier alpha value is -0.830. The minimum Gasteiger partial charge on any atom is -0.317 e. The summed E-state index contributed by atoms with van der Waals surface area (Å²) in [5.41, 5.74) is 1.25. The fraction of sp³-hybridized carbons (Fsp3) is 0.400. The van der Waals surface area contributed by atoms with Crippen molar-refractivity contribution in [2.75, 3.05) is 13.1 Å². The molecule has 0 aliphatic carbocycles. The molecule has 0 amide bonds. The third-order valence-corrected chi connectivity index (χ3v) is 3.64. The number of piperidine rings is 1. The van der Waals surface area contributed by atoms with E-state index in [1.165, 1.54) is 29.3 Å². The van der Waals surface area contributed by atoms with Crippen molar-refractivity contribution in [2.24, 2.45) is 5.92 Å². The summed E-state index contributed by atoms with van der Waals surface area (Å²) in [6.07, 6.45) is 5.71. The van der Waals surface area contributed by atoms with Crippen LogP contribution in [0.3, 0.4) is 0 Å². The van der Waals surface area contributed by atoms with Crippen molar-refractivity contribution in [3.8, 4) is 0 Å². The summed E-state index contributed by atoms with van der Waals surface area (Å²) in [7, 11) is 0. The van der Waals surface area contributed by atoms with Crippen LogP contribution in [0.2, 0.25) is 0 Å². The highest BCUT2D eigenvalue weighted by Gasteiger charge is 2.14. The summed E-state index contributed by atoms with van der Waals surface area (Å²) < 4.78 is 0. The van der Waals surface area contributed by atoms with E-state index in [0.29, 0.717) is 0 Å². The number of fused-ring (bicyclic) bond motifs is 1. The maximum absolute atomic E-state index is 4.58. The van der Waals surface area contributed by atoms with Gasteiger partial charge in [0.1, 0.15) is 0 Å². The lowest BCUT2D eigenvalue weighted by molar-refractivity contribution is 0.370. The lowest BCUT2D eigenvalue weighted by atomic mass is 9.92. The van der Waals surface area contributed by atoms with E-state index in [-0.39, 0.29) is 24.8 Å². The molecular formula is C15H20Cl2N2. The Morgan fingerprint density at radius 2 is 1.74 bits per heavy atom. The van der Waals surface area contributed by atoms with Gasteiger partial charge in [-0.2, -0.15) is 0 Å². The first-order chi connectivity index (χ1) is 8.42. The first-order valence-electron chi connectivity index (χ1n) is 6.46. The summed E-state index contributed by atoms with van der Waals surface area (Å²) in [5, 5.41) is 5.96. The number of rotatable bonds is 2. The van der Waals surface area contributed by atoms with Crippen LogP contribution in [-0.4, -0.2) is 18.1 Å². The van der Waals surface area contributed by atoms with E-state index in [9.17, 15) is 0 Å². The molecule has 1 N–H and O–H groups in total. The van der Waals surface area contributed by atoms with Crippen LogP contribution >= 0.6 is 24.8 Å². The monoisotopic (exact) mass is 298 g/mol. The lowest BCUT2D eigenvalue weighted by Gasteiger charge is -2.22. The van der Waals surface area contributed by atoms with Crippen LogP contribution in [0, 0.1) is 5.92 Å². The SMILES string of the molecule is Cl.Cl.c1ccc2cc(CC3CCNCC3)ncc2c1. The molecule has 0 unspecified atom stereocenters. The fourth-order valence-corrected chi connectivity index (χ4v) is 2.62. The van der Waals surface area contributed by atoms with Crippen molar-refractivity contribution in [1.29, 1.82) is 0 Å². The van der Waals surface area contributed by atoms with Crippen molar-refractivity contribution >= 4 is 35.6 Å². The van der Waals surface area contributed by atoms with Crippen LogP contribution in [0.1, 0.15) is 18.5 Å². The number of aromatic nitrogens is 1. The van der Waals surface area contributed by atoms with Crippen LogP contribution in [-0.2, 0) is 6.42 Å². The molecule has 0 saturated carbocycles. The number of nitrogens with zero attached hydrogens (tertiary/aromatic N) is 1. The van der Waals surface area contributed by atoms with E-state index in [4.69, 9.17) is 0 Å². The molecule has 1 aliphatic heterocycles. The number of halogens is 2. The molecule has 3 rings (SSSR count). The van der Waals surface area contributed by atoms with E-state index >= 15 is 0 Å². The first-order valence-corrected chi connectivity index (χ1v) is 6.46. The van der Waals surface area contributed by atoms with E-state index in [1.807, 2.05) is 6.20 Å². The van der Waals surface area contributed by atoms with Gasteiger partial charge < -0.3 is 5.32 Å². The highest BCUT2D eigenvalue weighted by atomic mass is 35.5. The Morgan fingerprint density at radius 1 is 1.05 bits per heavy atom. The Balaban J connectivity index is 0.000000902. The van der Waals surface area contributed by atoms with Crippen molar-refractivity contribution in [2.45, 2.75) is 19.3 Å². The summed E-state index contributed by atoms with van der Waals surface area (Å²) in [6, 6.07) is 10.7. The van der Waals surface area contributed by atoms with Gasteiger partial charge in [0.2, 0.25) is 0 Å². The highest BCUT2D eigenvalue weighted by molar-refractivity contribution is 5.85. The summed E-state index contributed by atoms with van der Waals surface area (Å²) in [6.45, 7) is 2.33. The molecule has 1 aliphatic rings. The number of hydrogen-bond acceptors (Lipinski definition) is 2.